The summed E-state index contributed by atoms with van der Waals surface area (Å²) in [6, 6.07) is 4.82. The van der Waals surface area contributed by atoms with Crippen LogP contribution < -0.4 is 0 Å². The van der Waals surface area contributed by atoms with Crippen molar-refractivity contribution < 1.29 is 12.8 Å². The molecule has 0 unspecified atom stereocenters. The van der Waals surface area contributed by atoms with Crippen LogP contribution in [0.25, 0.3) is 5.65 Å². The predicted octanol–water partition coefficient (Wildman–Crippen LogP) is 3.05. The van der Waals surface area contributed by atoms with E-state index < -0.39 is 15.7 Å². The first kappa shape index (κ1) is 19.8. The lowest BCUT2D eigenvalue weighted by molar-refractivity contribution is 0.307. The second-order valence-electron chi connectivity index (χ2n) is 6.25. The van der Waals surface area contributed by atoms with Crippen LogP contribution in [0.5, 0.6) is 0 Å². The molecule has 1 aliphatic heterocycles. The van der Waals surface area contributed by atoms with Gasteiger partial charge in [-0.3, -0.25) is 0 Å². The number of hydrogen-bond donors (Lipinski definition) is 0. The van der Waals surface area contributed by atoms with Gasteiger partial charge in [0, 0.05) is 31.3 Å². The molecule has 0 aliphatic carbocycles. The zero-order valence-electron chi connectivity index (χ0n) is 14.3. The lowest BCUT2D eigenvalue weighted by atomic mass is 10.1. The molecular weight excluding hydrogens is 387 g/mol. The Balaban J connectivity index is 0.00000210. The van der Waals surface area contributed by atoms with Crippen molar-refractivity contribution in [2.75, 3.05) is 19.8 Å². The standard InChI is InChI=1S/C17H17FN4O2S2.CH4/c1-21-8-7-14-11(10-21)9-19-16-15(17(25-2)20-22(14)16)26(23,24)13-5-3-12(18)4-6-13;/h3-6,9H,7-8,10H2,1-2H3;1H4. The minimum Gasteiger partial charge on any atom is -0.302 e. The van der Waals surface area contributed by atoms with Gasteiger partial charge in [0.05, 0.1) is 10.6 Å². The molecular formula is C18H21FN4O2S2. The van der Waals surface area contributed by atoms with Crippen molar-refractivity contribution in [2.24, 2.45) is 0 Å². The molecule has 9 heteroatoms. The van der Waals surface area contributed by atoms with E-state index in [9.17, 15) is 12.8 Å². The Morgan fingerprint density at radius 2 is 1.93 bits per heavy atom. The van der Waals surface area contributed by atoms with Crippen LogP contribution in [0.3, 0.4) is 0 Å². The highest BCUT2D eigenvalue weighted by Crippen LogP contribution is 2.33. The minimum absolute atomic E-state index is 0. The van der Waals surface area contributed by atoms with Gasteiger partial charge < -0.3 is 4.90 Å². The summed E-state index contributed by atoms with van der Waals surface area (Å²) in [6.45, 7) is 1.63. The Hall–Kier alpha value is -1.97. The minimum atomic E-state index is -3.86. The molecule has 0 saturated carbocycles. The lowest BCUT2D eigenvalue weighted by Crippen LogP contribution is -2.28. The molecule has 0 radical (unpaired) electrons. The maximum Gasteiger partial charge on any atom is 0.213 e. The molecule has 0 saturated heterocycles. The molecule has 2 aromatic heterocycles. The molecule has 3 aromatic rings. The van der Waals surface area contributed by atoms with Gasteiger partial charge in [0.1, 0.15) is 10.8 Å². The fraction of sp³-hybridized carbons (Fsp3) is 0.333. The molecule has 0 spiro atoms. The van der Waals surface area contributed by atoms with Crippen LogP contribution in [0.15, 0.2) is 45.3 Å². The quantitative estimate of drug-likeness (QED) is 0.490. The van der Waals surface area contributed by atoms with Crippen LogP contribution in [-0.4, -0.2) is 47.8 Å². The van der Waals surface area contributed by atoms with E-state index in [4.69, 9.17) is 0 Å². The van der Waals surface area contributed by atoms with Crippen LogP contribution in [0.1, 0.15) is 18.7 Å². The average Bonchev–Trinajstić information content (AvgIpc) is 3.01. The molecule has 6 nitrogen and oxygen atoms in total. The smallest absolute Gasteiger partial charge is 0.213 e. The number of rotatable bonds is 3. The van der Waals surface area contributed by atoms with Crippen LogP contribution in [0.2, 0.25) is 0 Å². The lowest BCUT2D eigenvalue weighted by Gasteiger charge is -2.24. The summed E-state index contributed by atoms with van der Waals surface area (Å²) >= 11 is 1.26. The van der Waals surface area contributed by atoms with Crippen molar-refractivity contribution in [3.05, 3.63) is 47.5 Å². The number of nitrogens with zero attached hydrogens (tertiary/aromatic N) is 4. The van der Waals surface area contributed by atoms with Crippen molar-refractivity contribution in [2.45, 2.75) is 35.2 Å². The number of thioether (sulfide) groups is 1. The number of sulfone groups is 1. The van der Waals surface area contributed by atoms with Gasteiger partial charge >= 0.3 is 0 Å². The second-order valence-corrected chi connectivity index (χ2v) is 8.93. The Labute approximate surface area is 162 Å². The second kappa shape index (κ2) is 7.21. The molecule has 0 bridgehead atoms. The molecule has 0 N–H and O–H groups in total. The van der Waals surface area contributed by atoms with E-state index >= 15 is 0 Å². The highest BCUT2D eigenvalue weighted by atomic mass is 32.2. The highest BCUT2D eigenvalue weighted by molar-refractivity contribution is 7.99. The SMILES string of the molecule is C.CSc1nn2c3c(cnc2c1S(=O)(=O)c1ccc(F)cc1)CN(C)CC3. The van der Waals surface area contributed by atoms with Crippen molar-refractivity contribution in [3.8, 4) is 0 Å². The van der Waals surface area contributed by atoms with Gasteiger partial charge in [0.25, 0.3) is 0 Å². The number of hydrogen-bond acceptors (Lipinski definition) is 6. The van der Waals surface area contributed by atoms with Gasteiger partial charge in [-0.25, -0.2) is 22.3 Å². The summed E-state index contributed by atoms with van der Waals surface area (Å²) in [5.41, 5.74) is 2.36. The third-order valence-electron chi connectivity index (χ3n) is 4.51. The van der Waals surface area contributed by atoms with Crippen molar-refractivity contribution in [1.29, 1.82) is 0 Å². The van der Waals surface area contributed by atoms with E-state index in [1.165, 1.54) is 23.9 Å². The molecule has 27 heavy (non-hydrogen) atoms. The number of halogens is 1. The fourth-order valence-electron chi connectivity index (χ4n) is 3.19. The van der Waals surface area contributed by atoms with E-state index in [1.54, 1.807) is 17.0 Å². The van der Waals surface area contributed by atoms with Gasteiger partial charge in [-0.1, -0.05) is 7.43 Å². The maximum atomic E-state index is 13.2. The number of benzene rings is 1. The van der Waals surface area contributed by atoms with Crippen LogP contribution in [0.4, 0.5) is 4.39 Å². The zero-order valence-corrected chi connectivity index (χ0v) is 15.9. The van der Waals surface area contributed by atoms with Crippen LogP contribution in [0, 0.1) is 5.82 Å². The first-order chi connectivity index (χ1) is 12.4. The van der Waals surface area contributed by atoms with Gasteiger partial charge in [0.15, 0.2) is 10.5 Å². The molecule has 144 valence electrons. The first-order valence-corrected chi connectivity index (χ1v) is 10.8. The molecule has 0 fully saturated rings. The maximum absolute atomic E-state index is 13.2. The molecule has 1 aliphatic rings. The van der Waals surface area contributed by atoms with E-state index in [-0.39, 0.29) is 17.2 Å². The topological polar surface area (TPSA) is 67.6 Å². The first-order valence-electron chi connectivity index (χ1n) is 8.04. The van der Waals surface area contributed by atoms with E-state index in [2.05, 4.69) is 15.0 Å². The van der Waals surface area contributed by atoms with E-state index in [0.717, 1.165) is 42.9 Å². The third kappa shape index (κ3) is 3.24. The van der Waals surface area contributed by atoms with Gasteiger partial charge in [-0.15, -0.1) is 11.8 Å². The van der Waals surface area contributed by atoms with E-state index in [0.29, 0.717) is 10.7 Å². The van der Waals surface area contributed by atoms with Gasteiger partial charge in [-0.2, -0.15) is 5.10 Å². The van der Waals surface area contributed by atoms with Crippen molar-refractivity contribution in [3.63, 3.8) is 0 Å². The fourth-order valence-corrected chi connectivity index (χ4v) is 5.59. The Morgan fingerprint density at radius 3 is 2.59 bits per heavy atom. The van der Waals surface area contributed by atoms with E-state index in [1.807, 2.05) is 7.05 Å². The highest BCUT2D eigenvalue weighted by Gasteiger charge is 2.30. The monoisotopic (exact) mass is 408 g/mol. The summed E-state index contributed by atoms with van der Waals surface area (Å²) in [6.07, 6.45) is 4.29. The Kier molecular flexibility index (Phi) is 5.29. The summed E-state index contributed by atoms with van der Waals surface area (Å²) in [5.74, 6) is -0.481. The number of fused-ring (bicyclic) bond motifs is 3. The predicted molar refractivity (Wildman–Crippen MR) is 103 cm³/mol. The Bertz CT molecular complexity index is 1090. The summed E-state index contributed by atoms with van der Waals surface area (Å²) in [7, 11) is -1.83. The molecule has 4 rings (SSSR count). The summed E-state index contributed by atoms with van der Waals surface area (Å²) in [5, 5.41) is 4.92. The number of likely N-dealkylation sites (N-methyl/N-ethyl adjacent to an activating group) is 1. The van der Waals surface area contributed by atoms with Gasteiger partial charge in [0.2, 0.25) is 9.84 Å². The Morgan fingerprint density at radius 1 is 1.22 bits per heavy atom. The molecule has 3 heterocycles. The zero-order chi connectivity index (χ0) is 18.5. The number of aromatic nitrogens is 3. The summed E-state index contributed by atoms with van der Waals surface area (Å²) < 4.78 is 41.2. The third-order valence-corrected chi connectivity index (χ3v) is 7.12. The molecule has 1 aromatic carbocycles. The summed E-state index contributed by atoms with van der Waals surface area (Å²) in [4.78, 5) is 6.71. The van der Waals surface area contributed by atoms with Crippen LogP contribution >= 0.6 is 11.8 Å². The molecule has 0 amide bonds. The van der Waals surface area contributed by atoms with Crippen LogP contribution in [-0.2, 0) is 22.8 Å². The largest absolute Gasteiger partial charge is 0.302 e. The van der Waals surface area contributed by atoms with Crippen molar-refractivity contribution >= 4 is 27.2 Å². The van der Waals surface area contributed by atoms with Gasteiger partial charge in [-0.05, 0) is 37.6 Å². The molecule has 0 atom stereocenters. The normalized spacial score (nSPS) is 14.8. The average molecular weight is 409 g/mol. The van der Waals surface area contributed by atoms with Crippen molar-refractivity contribution in [1.82, 2.24) is 19.5 Å².